The van der Waals surface area contributed by atoms with Crippen molar-refractivity contribution in [3.8, 4) is 0 Å². The third-order valence-electron chi connectivity index (χ3n) is 0.853. The molecule has 0 radical (unpaired) electrons. The molecule has 0 aliphatic heterocycles. The zero-order valence-corrected chi connectivity index (χ0v) is 5.97. The van der Waals surface area contributed by atoms with Crippen molar-refractivity contribution in [1.82, 2.24) is 0 Å². The molecule has 0 rings (SSSR count). The van der Waals surface area contributed by atoms with Crippen LogP contribution in [0.2, 0.25) is 0 Å². The second-order valence-electron chi connectivity index (χ2n) is 1.33. The van der Waals surface area contributed by atoms with Gasteiger partial charge in [-0.2, -0.15) is 0 Å². The minimum atomic E-state index is -1.07. The topological polar surface area (TPSA) is 27.7 Å². The molecule has 8 heavy (non-hydrogen) atoms. The van der Waals surface area contributed by atoms with E-state index in [2.05, 4.69) is 29.6 Å². The Morgan fingerprint density at radius 2 is 1.62 bits per heavy atom. The molecule has 0 amide bonds. The molecule has 0 aliphatic rings. The van der Waals surface area contributed by atoms with E-state index in [0.29, 0.717) is 0 Å². The van der Waals surface area contributed by atoms with Crippen LogP contribution >= 0.6 is 0 Å². The molecule has 0 heterocycles. The van der Waals surface area contributed by atoms with E-state index in [0.717, 1.165) is 0 Å². The van der Waals surface area contributed by atoms with Gasteiger partial charge in [0.1, 0.15) is 0 Å². The zero-order valence-electron chi connectivity index (χ0n) is 5.03. The fourth-order valence-electron chi connectivity index (χ4n) is 0.134. The summed E-state index contributed by atoms with van der Waals surface area (Å²) < 4.78 is 13.7. The van der Waals surface area contributed by atoms with Gasteiger partial charge in [0.15, 0.2) is 0 Å². The molecule has 0 N–H and O–H groups in total. The van der Waals surface area contributed by atoms with Gasteiger partial charge in [0.25, 0.3) is 0 Å². The number of hydrogen-bond acceptors (Lipinski definition) is 3. The van der Waals surface area contributed by atoms with Crippen LogP contribution in [0.15, 0.2) is 0 Å². The van der Waals surface area contributed by atoms with Crippen LogP contribution in [0.1, 0.15) is 6.92 Å². The molecule has 4 heteroatoms. The summed E-state index contributed by atoms with van der Waals surface area (Å²) in [5.74, 6) is -1.07. The Balaban J connectivity index is 3.58. The van der Waals surface area contributed by atoms with Gasteiger partial charge >= 0.3 is 56.8 Å². The Morgan fingerprint density at radius 1 is 1.25 bits per heavy atom. The molecule has 0 atom stereocenters. The summed E-state index contributed by atoms with van der Waals surface area (Å²) in [6.45, 7) is 1.58. The van der Waals surface area contributed by atoms with Crippen molar-refractivity contribution in [2.24, 2.45) is 0 Å². The first-order valence-corrected chi connectivity index (χ1v) is 2.44. The van der Waals surface area contributed by atoms with Gasteiger partial charge in [-0.15, -0.1) is 0 Å². The number of rotatable bonds is 3. The van der Waals surface area contributed by atoms with Crippen LogP contribution in [0.5, 0.6) is 0 Å². The number of methoxy groups -OCH3 is 2. The molecule has 54 valence electrons. The third-order valence-corrected chi connectivity index (χ3v) is 1.20. The average Bonchev–Trinajstić information content (AvgIpc) is 1.87. The molecule has 0 aliphatic carbocycles. The number of hydrogen-bond donors (Lipinski definition) is 0. The fraction of sp³-hybridized carbons (Fsp3) is 1.00. The van der Waals surface area contributed by atoms with Crippen molar-refractivity contribution >= 4 is 0 Å². The maximum atomic E-state index is 4.68. The van der Waals surface area contributed by atoms with E-state index in [-0.39, 0.29) is 0 Å². The van der Waals surface area contributed by atoms with E-state index in [9.17, 15) is 0 Å². The summed E-state index contributed by atoms with van der Waals surface area (Å²) in [4.78, 5) is 0. The van der Waals surface area contributed by atoms with Crippen molar-refractivity contribution in [2.45, 2.75) is 12.9 Å². The van der Waals surface area contributed by atoms with E-state index in [1.807, 2.05) is 0 Å². The first-order chi connectivity index (χ1) is 3.68. The molecule has 0 saturated carbocycles. The Kier molecular flexibility index (Phi) is 3.60. The molecule has 0 aromatic rings. The molecule has 0 aromatic carbocycles. The minimum absolute atomic E-state index is 1.07. The molecule has 0 fully saturated rings. The Hall–Kier alpha value is 0.399. The summed E-state index contributed by atoms with van der Waals surface area (Å²) in [5, 5.41) is 0. The summed E-state index contributed by atoms with van der Waals surface area (Å²) in [7, 11) is 2.90. The molecule has 0 aromatic heterocycles. The molecule has 0 saturated heterocycles. The van der Waals surface area contributed by atoms with Crippen molar-refractivity contribution in [3.05, 3.63) is 0 Å². The zero-order chi connectivity index (χ0) is 6.62. The standard InChI is InChI=1S/C4H9O3.Cu/c1-4(5,6-2)7-3;/h1-3H3;/q-1;+1. The summed E-state index contributed by atoms with van der Waals surface area (Å²) in [5.41, 5.74) is 0. The second-order valence-corrected chi connectivity index (χ2v) is 1.52. The molecule has 0 spiro atoms. The predicted octanol–water partition coefficient (Wildman–Crippen LogP) is 0.431. The van der Waals surface area contributed by atoms with Crippen molar-refractivity contribution in [1.29, 1.82) is 0 Å². The first kappa shape index (κ1) is 8.40. The quantitative estimate of drug-likeness (QED) is 0.452. The Morgan fingerprint density at radius 3 is 1.62 bits per heavy atom. The monoisotopic (exact) mass is 168 g/mol. The fourth-order valence-corrected chi connectivity index (χ4v) is 0.291. The summed E-state index contributed by atoms with van der Waals surface area (Å²) in [6.07, 6.45) is 0. The van der Waals surface area contributed by atoms with E-state index in [1.165, 1.54) is 14.2 Å². The molecule has 3 nitrogen and oxygen atoms in total. The molecule has 0 bridgehead atoms. The van der Waals surface area contributed by atoms with Gasteiger partial charge in [0, 0.05) is 0 Å². The van der Waals surface area contributed by atoms with Crippen LogP contribution in [0.25, 0.3) is 0 Å². The van der Waals surface area contributed by atoms with Gasteiger partial charge in [0.05, 0.1) is 0 Å². The van der Waals surface area contributed by atoms with Gasteiger partial charge < -0.3 is 0 Å². The van der Waals surface area contributed by atoms with Crippen molar-refractivity contribution < 1.29 is 29.6 Å². The van der Waals surface area contributed by atoms with Crippen LogP contribution in [0, 0.1) is 0 Å². The summed E-state index contributed by atoms with van der Waals surface area (Å²) in [6, 6.07) is 0. The van der Waals surface area contributed by atoms with Gasteiger partial charge in [0.2, 0.25) is 0 Å². The van der Waals surface area contributed by atoms with Gasteiger partial charge in [-0.3, -0.25) is 0 Å². The normalized spacial score (nSPS) is 12.1. The van der Waals surface area contributed by atoms with Crippen LogP contribution < -0.4 is 0 Å². The first-order valence-electron chi connectivity index (χ1n) is 2.05. The van der Waals surface area contributed by atoms with Crippen LogP contribution in [0.3, 0.4) is 0 Å². The third kappa shape index (κ3) is 2.11. The predicted molar refractivity (Wildman–Crippen MR) is 23.5 cm³/mol. The van der Waals surface area contributed by atoms with Gasteiger partial charge in [-0.05, 0) is 0 Å². The summed E-state index contributed by atoms with van der Waals surface area (Å²) >= 11 is 4.37. The van der Waals surface area contributed by atoms with Crippen LogP contribution in [-0.2, 0) is 29.6 Å². The second kappa shape index (κ2) is 3.43. The van der Waals surface area contributed by atoms with E-state index in [4.69, 9.17) is 0 Å². The Bertz CT molecular complexity index is 54.0. The van der Waals surface area contributed by atoms with E-state index in [1.54, 1.807) is 6.92 Å². The van der Waals surface area contributed by atoms with E-state index < -0.39 is 5.97 Å². The molecule has 0 unspecified atom stereocenters. The van der Waals surface area contributed by atoms with Gasteiger partial charge in [-0.1, -0.05) is 0 Å². The van der Waals surface area contributed by atoms with Crippen LogP contribution in [0.4, 0.5) is 0 Å². The average molecular weight is 169 g/mol. The SMILES string of the molecule is COC(C)(OC)[O][Cu]. The van der Waals surface area contributed by atoms with Crippen molar-refractivity contribution in [2.75, 3.05) is 14.2 Å². The van der Waals surface area contributed by atoms with Gasteiger partial charge in [-0.25, -0.2) is 0 Å². The number of ether oxygens (including phenoxy) is 2. The van der Waals surface area contributed by atoms with Crippen LogP contribution in [-0.4, -0.2) is 20.2 Å². The maximum absolute atomic E-state index is 4.68. The Labute approximate surface area is 57.4 Å². The van der Waals surface area contributed by atoms with Crippen molar-refractivity contribution in [3.63, 3.8) is 0 Å². The van der Waals surface area contributed by atoms with E-state index >= 15 is 0 Å². The molecular formula is C4H9CuO3. The molecular weight excluding hydrogens is 160 g/mol.